The Morgan fingerprint density at radius 1 is 1.38 bits per heavy atom. The van der Waals surface area contributed by atoms with Gasteiger partial charge in [0.25, 0.3) is 5.91 Å². The molecule has 24 heavy (non-hydrogen) atoms. The van der Waals surface area contributed by atoms with Gasteiger partial charge < -0.3 is 10.1 Å². The van der Waals surface area contributed by atoms with E-state index in [0.717, 1.165) is 30.1 Å². The first-order valence-corrected chi connectivity index (χ1v) is 10.8. The molecule has 0 unspecified atom stereocenters. The summed E-state index contributed by atoms with van der Waals surface area (Å²) in [6, 6.07) is 5.29. The van der Waals surface area contributed by atoms with Gasteiger partial charge in [-0.1, -0.05) is 45.7 Å². The third-order valence-electron chi connectivity index (χ3n) is 3.79. The number of esters is 1. The SMILES string of the molecule is Cc1c(Cl)cccc1NC(=O)COC(=O)CCCC[C@@H]1CCSS1. The van der Waals surface area contributed by atoms with Crippen molar-refractivity contribution < 1.29 is 14.3 Å². The third kappa shape index (κ3) is 6.57. The Balaban J connectivity index is 1.60. The predicted molar refractivity (Wildman–Crippen MR) is 103 cm³/mol. The number of rotatable bonds is 8. The van der Waals surface area contributed by atoms with E-state index in [-0.39, 0.29) is 18.5 Å². The first-order chi connectivity index (χ1) is 11.6. The lowest BCUT2D eigenvalue weighted by Gasteiger charge is -2.10. The molecular weight excluding hydrogens is 366 g/mol. The molecule has 0 spiro atoms. The number of ether oxygens (including phenoxy) is 1. The average molecular weight is 388 g/mol. The number of carbonyl (C=O) groups is 2. The first kappa shape index (κ1) is 19.5. The average Bonchev–Trinajstić information content (AvgIpc) is 3.07. The molecule has 132 valence electrons. The number of amides is 1. The summed E-state index contributed by atoms with van der Waals surface area (Å²) in [6.45, 7) is 1.56. The van der Waals surface area contributed by atoms with Gasteiger partial charge in [-0.2, -0.15) is 0 Å². The highest BCUT2D eigenvalue weighted by atomic mass is 35.5. The minimum atomic E-state index is -0.354. The maximum Gasteiger partial charge on any atom is 0.306 e. The van der Waals surface area contributed by atoms with Crippen LogP contribution in [0.5, 0.6) is 0 Å². The lowest BCUT2D eigenvalue weighted by molar-refractivity contribution is -0.147. The number of nitrogens with one attached hydrogen (secondary N) is 1. The zero-order valence-corrected chi connectivity index (χ0v) is 16.1. The van der Waals surface area contributed by atoms with Gasteiger partial charge in [0, 0.05) is 28.1 Å². The molecule has 7 heteroatoms. The predicted octanol–water partition coefficient (Wildman–Crippen LogP) is 4.84. The van der Waals surface area contributed by atoms with Crippen LogP contribution in [0.15, 0.2) is 18.2 Å². The van der Waals surface area contributed by atoms with Crippen molar-refractivity contribution in [1.82, 2.24) is 0 Å². The fourth-order valence-electron chi connectivity index (χ4n) is 2.35. The lowest BCUT2D eigenvalue weighted by atomic mass is 10.1. The molecule has 1 aromatic rings. The van der Waals surface area contributed by atoms with Gasteiger partial charge in [-0.05, 0) is 43.9 Å². The monoisotopic (exact) mass is 387 g/mol. The van der Waals surface area contributed by atoms with Gasteiger partial charge in [0.15, 0.2) is 6.61 Å². The second-order valence-corrected chi connectivity index (χ2v) is 8.89. The van der Waals surface area contributed by atoms with Crippen LogP contribution in [0.2, 0.25) is 5.02 Å². The summed E-state index contributed by atoms with van der Waals surface area (Å²) in [5.74, 6) is 0.563. The van der Waals surface area contributed by atoms with Crippen LogP contribution in [-0.2, 0) is 14.3 Å². The fourth-order valence-corrected chi connectivity index (χ4v) is 5.56. The van der Waals surface area contributed by atoms with Gasteiger partial charge in [-0.15, -0.1) is 0 Å². The molecule has 1 aromatic carbocycles. The van der Waals surface area contributed by atoms with Crippen molar-refractivity contribution in [2.75, 3.05) is 17.7 Å². The minimum absolute atomic E-state index is 0.264. The molecule has 0 radical (unpaired) electrons. The maximum absolute atomic E-state index is 11.8. The quantitative estimate of drug-likeness (QED) is 0.392. The molecular formula is C17H22ClNO3S2. The van der Waals surface area contributed by atoms with Crippen molar-refractivity contribution in [3.05, 3.63) is 28.8 Å². The Labute approximate surface area is 155 Å². The molecule has 1 fully saturated rings. The molecule has 1 saturated heterocycles. The molecule has 0 saturated carbocycles. The highest BCUT2D eigenvalue weighted by molar-refractivity contribution is 8.77. The second kappa shape index (κ2) is 10.2. The number of unbranched alkanes of at least 4 members (excludes halogenated alkanes) is 1. The number of anilines is 1. The Morgan fingerprint density at radius 3 is 2.96 bits per heavy atom. The van der Waals surface area contributed by atoms with E-state index >= 15 is 0 Å². The smallest absolute Gasteiger partial charge is 0.306 e. The molecule has 1 heterocycles. The van der Waals surface area contributed by atoms with Gasteiger partial charge in [0.05, 0.1) is 0 Å². The highest BCUT2D eigenvalue weighted by Gasteiger charge is 2.16. The van der Waals surface area contributed by atoms with Crippen molar-refractivity contribution >= 4 is 50.8 Å². The van der Waals surface area contributed by atoms with Gasteiger partial charge >= 0.3 is 5.97 Å². The van der Waals surface area contributed by atoms with Crippen molar-refractivity contribution in [2.24, 2.45) is 0 Å². The summed E-state index contributed by atoms with van der Waals surface area (Å²) < 4.78 is 5.02. The molecule has 4 nitrogen and oxygen atoms in total. The number of benzene rings is 1. The van der Waals surface area contributed by atoms with Crippen molar-refractivity contribution in [3.63, 3.8) is 0 Å². The van der Waals surface area contributed by atoms with E-state index in [1.165, 1.54) is 12.2 Å². The largest absolute Gasteiger partial charge is 0.456 e. The number of hydrogen-bond acceptors (Lipinski definition) is 5. The van der Waals surface area contributed by atoms with Gasteiger partial charge in [0.1, 0.15) is 0 Å². The zero-order valence-electron chi connectivity index (χ0n) is 13.7. The van der Waals surface area contributed by atoms with E-state index in [1.807, 2.05) is 28.5 Å². The molecule has 1 aliphatic rings. The van der Waals surface area contributed by atoms with Crippen LogP contribution in [0.3, 0.4) is 0 Å². The summed E-state index contributed by atoms with van der Waals surface area (Å²) >= 11 is 6.00. The summed E-state index contributed by atoms with van der Waals surface area (Å²) in [5, 5.41) is 4.03. The molecule has 1 amide bonds. The number of carbonyl (C=O) groups excluding carboxylic acids is 2. The Bertz CT molecular complexity index is 577. The third-order valence-corrected chi connectivity index (χ3v) is 7.21. The first-order valence-electron chi connectivity index (χ1n) is 8.05. The zero-order chi connectivity index (χ0) is 17.4. The standard InChI is InChI=1S/C17H22ClNO3S2/c1-12-14(18)6-4-7-15(12)19-16(20)11-22-17(21)8-3-2-5-13-9-10-23-24-13/h4,6-7,13H,2-3,5,8-11H2,1H3,(H,19,20)/t13-/m1/s1. The Hall–Kier alpha value is -0.850. The van der Waals surface area contributed by atoms with Crippen LogP contribution in [-0.4, -0.2) is 29.5 Å². The molecule has 1 atom stereocenters. The van der Waals surface area contributed by atoms with Crippen molar-refractivity contribution in [1.29, 1.82) is 0 Å². The van der Waals surface area contributed by atoms with E-state index in [0.29, 0.717) is 17.1 Å². The molecule has 0 aliphatic carbocycles. The van der Waals surface area contributed by atoms with E-state index in [4.69, 9.17) is 16.3 Å². The molecule has 0 aromatic heterocycles. The van der Waals surface area contributed by atoms with Gasteiger partial charge in [-0.3, -0.25) is 9.59 Å². The van der Waals surface area contributed by atoms with Gasteiger partial charge in [-0.25, -0.2) is 0 Å². The Morgan fingerprint density at radius 2 is 2.21 bits per heavy atom. The van der Waals surface area contributed by atoms with Gasteiger partial charge in [0.2, 0.25) is 0 Å². The van der Waals surface area contributed by atoms with E-state index < -0.39 is 0 Å². The molecule has 1 N–H and O–H groups in total. The van der Waals surface area contributed by atoms with Crippen LogP contribution in [0.25, 0.3) is 0 Å². The maximum atomic E-state index is 11.8. The molecule has 0 bridgehead atoms. The second-order valence-electron chi connectivity index (χ2n) is 5.70. The van der Waals surface area contributed by atoms with E-state index in [2.05, 4.69) is 5.32 Å². The summed E-state index contributed by atoms with van der Waals surface area (Å²) in [4.78, 5) is 23.5. The normalized spacial score (nSPS) is 16.8. The highest BCUT2D eigenvalue weighted by Crippen LogP contribution is 2.39. The molecule has 2 rings (SSSR count). The van der Waals surface area contributed by atoms with Crippen LogP contribution < -0.4 is 5.32 Å². The number of halogens is 1. The van der Waals surface area contributed by atoms with E-state index in [1.54, 1.807) is 18.2 Å². The van der Waals surface area contributed by atoms with Crippen LogP contribution >= 0.6 is 33.2 Å². The van der Waals surface area contributed by atoms with Crippen LogP contribution in [0.4, 0.5) is 5.69 Å². The fraction of sp³-hybridized carbons (Fsp3) is 0.529. The number of hydrogen-bond donors (Lipinski definition) is 1. The van der Waals surface area contributed by atoms with E-state index in [9.17, 15) is 9.59 Å². The minimum Gasteiger partial charge on any atom is -0.456 e. The van der Waals surface area contributed by atoms with Crippen molar-refractivity contribution in [2.45, 2.75) is 44.3 Å². The summed E-state index contributed by atoms with van der Waals surface area (Å²) in [6.07, 6.45) is 4.63. The van der Waals surface area contributed by atoms with Crippen LogP contribution in [0.1, 0.15) is 37.7 Å². The Kier molecular flexibility index (Phi) is 8.29. The molecule has 1 aliphatic heterocycles. The summed E-state index contributed by atoms with van der Waals surface area (Å²) in [5.41, 5.74) is 1.43. The van der Waals surface area contributed by atoms with Crippen molar-refractivity contribution in [3.8, 4) is 0 Å². The lowest BCUT2D eigenvalue weighted by Crippen LogP contribution is -2.21. The van der Waals surface area contributed by atoms with Crippen LogP contribution in [0, 0.1) is 6.92 Å². The summed E-state index contributed by atoms with van der Waals surface area (Å²) in [7, 11) is 3.89. The topological polar surface area (TPSA) is 55.4 Å².